The molecule has 0 spiro atoms. The zero-order chi connectivity index (χ0) is 52.1. The molecule has 3 fully saturated rings. The van der Waals surface area contributed by atoms with Crippen molar-refractivity contribution in [1.29, 1.82) is 0 Å². The summed E-state index contributed by atoms with van der Waals surface area (Å²) in [6.45, 7) is 18.2. The first-order valence-electron chi connectivity index (χ1n) is 24.9. The van der Waals surface area contributed by atoms with Gasteiger partial charge in [0.1, 0.15) is 22.7 Å². The zero-order valence-corrected chi connectivity index (χ0v) is 44.5. The van der Waals surface area contributed by atoms with E-state index in [4.69, 9.17) is 26.8 Å². The molecule has 5 aromatic rings. The third kappa shape index (κ3) is 14.3. The van der Waals surface area contributed by atoms with E-state index in [1.807, 2.05) is 62.1 Å². The molecule has 2 aliphatic heterocycles. The molecular formula is C54H66ClF3N8O5S2. The van der Waals surface area contributed by atoms with Gasteiger partial charge in [0.15, 0.2) is 10.8 Å². The number of alkyl halides is 3. The molecule has 2 aromatic heterocycles. The van der Waals surface area contributed by atoms with Crippen molar-refractivity contribution in [3.63, 3.8) is 0 Å². The molecule has 19 heteroatoms. The van der Waals surface area contributed by atoms with Crippen LogP contribution in [-0.4, -0.2) is 117 Å². The van der Waals surface area contributed by atoms with Gasteiger partial charge >= 0.3 is 11.6 Å². The molecule has 2 amide bonds. The summed E-state index contributed by atoms with van der Waals surface area (Å²) in [5.41, 5.74) is 6.22. The number of aromatic nitrogens is 2. The van der Waals surface area contributed by atoms with Gasteiger partial charge in [0.25, 0.3) is 5.91 Å². The van der Waals surface area contributed by atoms with Gasteiger partial charge in [-0.15, -0.1) is 0 Å². The monoisotopic (exact) mass is 1060 g/mol. The van der Waals surface area contributed by atoms with Crippen molar-refractivity contribution in [3.05, 3.63) is 107 Å². The van der Waals surface area contributed by atoms with Crippen molar-refractivity contribution >= 4 is 74.3 Å². The number of nitrogens with two attached hydrogens (primary N) is 1. The Bertz CT molecular complexity index is 2800. The van der Waals surface area contributed by atoms with Gasteiger partial charge in [-0.2, -0.15) is 13.2 Å². The highest BCUT2D eigenvalue weighted by Gasteiger charge is 2.39. The number of allylic oxidation sites excluding steroid dienone is 1. The van der Waals surface area contributed by atoms with E-state index in [1.54, 1.807) is 18.5 Å². The number of aromatic amines is 1. The van der Waals surface area contributed by atoms with Crippen LogP contribution in [0, 0.1) is 5.41 Å². The van der Waals surface area contributed by atoms with Crippen LogP contribution in [0.1, 0.15) is 95.5 Å². The summed E-state index contributed by atoms with van der Waals surface area (Å²) in [5, 5.41) is 1.56. The van der Waals surface area contributed by atoms with Gasteiger partial charge < -0.3 is 30.0 Å². The summed E-state index contributed by atoms with van der Waals surface area (Å²) in [4.78, 5) is 41.8. The van der Waals surface area contributed by atoms with E-state index in [9.17, 15) is 27.0 Å². The number of ether oxygens (including phenoxy) is 2. The SMILES string of the molecule is CC(C)(C)OC(=O)N1CCN(C2CCCC2)CC1.CC1(C)CCC(CN2CCN(c3ccc(C(=O)NSc4ccc(N)c(S(=O)C(F)(F)F)c4)c(Oc4cnc5[nH]ccc5c4)c3)CC2)=C(c2ccc(Cl)cc2)C1. The summed E-state index contributed by atoms with van der Waals surface area (Å²) < 4.78 is 66.0. The number of H-pyrrole nitrogens is 1. The summed E-state index contributed by atoms with van der Waals surface area (Å²) in [6.07, 6.45) is 11.8. The van der Waals surface area contributed by atoms with Gasteiger partial charge in [0.05, 0.1) is 16.7 Å². The molecule has 4 heterocycles. The van der Waals surface area contributed by atoms with E-state index in [1.165, 1.54) is 54.5 Å². The Balaban J connectivity index is 0.000000332. The molecular weight excluding hydrogens is 997 g/mol. The number of fused-ring (bicyclic) bond motifs is 1. The standard InChI is InChI=1S/C40H40ClF3N6O3S2.C14H26N2O2/c1-39(2)13-11-27(33(22-39)25-3-5-28(41)6-4-25)24-49-15-17-50(18-16-49)29-7-9-32(35(20-29)53-30-19-26-12-14-46-37(26)47-23-30)38(51)48-54-31-8-10-34(45)36(21-31)55(52)40(42,43)44;1-14(2,3)18-13(17)16-10-8-15(9-11-16)12-6-4-5-7-12/h3-10,12,14,19-21,23H,11,13,15-18,22,24,45H2,1-2H3,(H,46,47)(H,48,51);12H,4-11H2,1-3H3. The number of carbonyl (C=O) groups excluding carboxylic acids is 2. The average molecular weight is 1060 g/mol. The molecule has 13 nitrogen and oxygen atoms in total. The first kappa shape index (κ1) is 54.0. The number of nitrogens with zero attached hydrogens (tertiary/aromatic N) is 5. The maximum Gasteiger partial charge on any atom is 0.475 e. The van der Waals surface area contributed by atoms with E-state index >= 15 is 0 Å². The van der Waals surface area contributed by atoms with E-state index in [-0.39, 0.29) is 39.0 Å². The molecule has 1 atom stereocenters. The molecule has 3 aromatic carbocycles. The fourth-order valence-electron chi connectivity index (χ4n) is 9.87. The predicted molar refractivity (Wildman–Crippen MR) is 286 cm³/mol. The van der Waals surface area contributed by atoms with Gasteiger partial charge in [-0.3, -0.25) is 19.3 Å². The lowest BCUT2D eigenvalue weighted by Gasteiger charge is -2.39. The second-order valence-electron chi connectivity index (χ2n) is 21.0. The number of nitrogen functional groups attached to an aromatic ring is 1. The Hall–Kier alpha value is -5.27. The van der Waals surface area contributed by atoms with Gasteiger partial charge in [-0.05, 0) is 136 Å². The molecule has 4 N–H and O–H groups in total. The van der Waals surface area contributed by atoms with Crippen LogP contribution in [0.25, 0.3) is 16.6 Å². The number of nitrogens with one attached hydrogen (secondary N) is 2. The number of carbonyl (C=O) groups is 2. The van der Waals surface area contributed by atoms with Crippen molar-refractivity contribution < 1.29 is 36.4 Å². The summed E-state index contributed by atoms with van der Waals surface area (Å²) in [6, 6.07) is 21.7. The number of anilines is 2. The summed E-state index contributed by atoms with van der Waals surface area (Å²) >= 11 is 7.00. The van der Waals surface area contributed by atoms with Crippen LogP contribution in [0.15, 0.2) is 101 Å². The lowest BCUT2D eigenvalue weighted by molar-refractivity contribution is -0.0384. The maximum atomic E-state index is 13.6. The summed E-state index contributed by atoms with van der Waals surface area (Å²) in [7, 11) is -3.32. The number of hydrogen-bond donors (Lipinski definition) is 3. The normalized spacial score (nSPS) is 18.6. The lowest BCUT2D eigenvalue weighted by Crippen LogP contribution is -2.52. The van der Waals surface area contributed by atoms with Crippen LogP contribution in [0.2, 0.25) is 5.02 Å². The number of pyridine rings is 1. The van der Waals surface area contributed by atoms with Crippen LogP contribution in [0.4, 0.5) is 29.3 Å². The van der Waals surface area contributed by atoms with Crippen LogP contribution < -0.4 is 20.1 Å². The maximum absolute atomic E-state index is 13.6. The molecule has 392 valence electrons. The number of halogens is 4. The molecule has 4 aliphatic rings. The number of hydrogen-bond acceptors (Lipinski definition) is 11. The zero-order valence-electron chi connectivity index (χ0n) is 42.2. The van der Waals surface area contributed by atoms with Crippen LogP contribution in [0.5, 0.6) is 11.5 Å². The molecule has 0 radical (unpaired) electrons. The van der Waals surface area contributed by atoms with E-state index in [0.717, 1.165) is 118 Å². The van der Waals surface area contributed by atoms with Crippen molar-refractivity contribution in [2.75, 3.05) is 69.5 Å². The Labute approximate surface area is 438 Å². The third-order valence-corrected chi connectivity index (χ3v) is 16.0. The van der Waals surface area contributed by atoms with Crippen molar-refractivity contribution in [2.45, 2.75) is 107 Å². The fraction of sp³-hybridized carbons (Fsp3) is 0.463. The lowest BCUT2D eigenvalue weighted by atomic mass is 9.72. The molecule has 1 saturated carbocycles. The number of benzene rings is 3. The van der Waals surface area contributed by atoms with Gasteiger partial charge in [0, 0.05) is 104 Å². The van der Waals surface area contributed by atoms with Crippen molar-refractivity contribution in [3.8, 4) is 11.5 Å². The Kier molecular flexibility index (Phi) is 17.1. The Morgan fingerprint density at radius 1 is 0.932 bits per heavy atom. The molecule has 2 aliphatic carbocycles. The third-order valence-electron chi connectivity index (χ3n) is 13.8. The second kappa shape index (κ2) is 23.1. The minimum Gasteiger partial charge on any atom is -0.455 e. The topological polar surface area (TPSA) is 149 Å². The minimum atomic E-state index is -4.98. The van der Waals surface area contributed by atoms with E-state index in [0.29, 0.717) is 11.4 Å². The molecule has 2 saturated heterocycles. The smallest absolute Gasteiger partial charge is 0.455 e. The molecule has 0 bridgehead atoms. The van der Waals surface area contributed by atoms with Crippen LogP contribution in [-0.2, 0) is 15.5 Å². The Morgan fingerprint density at radius 2 is 1.64 bits per heavy atom. The van der Waals surface area contributed by atoms with E-state index in [2.05, 4.69) is 55.4 Å². The highest BCUT2D eigenvalue weighted by atomic mass is 35.5. The number of rotatable bonds is 11. The minimum absolute atomic E-state index is 0.159. The highest BCUT2D eigenvalue weighted by molar-refractivity contribution is 7.98. The summed E-state index contributed by atoms with van der Waals surface area (Å²) in [5.74, 6) is 0.172. The number of amides is 2. The quantitative estimate of drug-likeness (QED) is 0.0857. The molecule has 9 rings (SSSR count). The second-order valence-corrected chi connectivity index (χ2v) is 23.7. The first-order valence-corrected chi connectivity index (χ1v) is 27.3. The largest absolute Gasteiger partial charge is 0.475 e. The van der Waals surface area contributed by atoms with Gasteiger partial charge in [-0.25, -0.2) is 14.0 Å². The fourth-order valence-corrected chi connectivity index (χ4v) is 11.5. The van der Waals surface area contributed by atoms with Crippen LogP contribution >= 0.6 is 23.5 Å². The van der Waals surface area contributed by atoms with Crippen molar-refractivity contribution in [2.24, 2.45) is 5.41 Å². The van der Waals surface area contributed by atoms with Crippen LogP contribution in [0.3, 0.4) is 0 Å². The predicted octanol–water partition coefficient (Wildman–Crippen LogP) is 11.9. The number of piperazine rings is 2. The Morgan fingerprint density at radius 3 is 2.33 bits per heavy atom. The first-order chi connectivity index (χ1) is 34.7. The highest BCUT2D eigenvalue weighted by Crippen LogP contribution is 2.44. The van der Waals surface area contributed by atoms with Gasteiger partial charge in [-0.1, -0.05) is 56.0 Å². The van der Waals surface area contributed by atoms with E-state index < -0.39 is 27.1 Å². The molecule has 73 heavy (non-hydrogen) atoms. The van der Waals surface area contributed by atoms with Crippen molar-refractivity contribution in [1.82, 2.24) is 29.4 Å². The molecule has 1 unspecified atom stereocenters. The van der Waals surface area contributed by atoms with Gasteiger partial charge in [0.2, 0.25) is 0 Å². The average Bonchev–Trinajstić information content (AvgIpc) is 4.07.